The van der Waals surface area contributed by atoms with Gasteiger partial charge in [-0.05, 0) is 17.5 Å². The minimum Gasteiger partial charge on any atom is -0.384 e. The van der Waals surface area contributed by atoms with Crippen LogP contribution in [0.4, 0.5) is 0 Å². The lowest BCUT2D eigenvalue weighted by Crippen LogP contribution is -2.27. The van der Waals surface area contributed by atoms with E-state index in [1.807, 2.05) is 38.1 Å². The maximum Gasteiger partial charge on any atom is 0.222 e. The Morgan fingerprint density at radius 3 is 2.68 bits per heavy atom. The zero-order valence-electron chi connectivity index (χ0n) is 11.8. The average molecular weight is 259 g/mol. The minimum atomic E-state index is -0.156. The zero-order chi connectivity index (χ0) is 14.3. The van der Waals surface area contributed by atoms with E-state index in [0.717, 1.165) is 11.1 Å². The Bertz CT molecular complexity index is 483. The van der Waals surface area contributed by atoms with Crippen molar-refractivity contribution < 1.29 is 9.90 Å². The number of aliphatic hydroxyl groups excluding tert-OH is 1. The van der Waals surface area contributed by atoms with Crippen LogP contribution in [-0.2, 0) is 11.3 Å². The van der Waals surface area contributed by atoms with Crippen LogP contribution < -0.4 is 0 Å². The number of carbonyl (C=O) groups excluding carboxylic acids is 1. The fourth-order valence-corrected chi connectivity index (χ4v) is 1.76. The Morgan fingerprint density at radius 1 is 1.37 bits per heavy atom. The molecule has 0 spiro atoms. The van der Waals surface area contributed by atoms with Crippen molar-refractivity contribution in [1.29, 1.82) is 0 Å². The molecule has 1 aromatic rings. The number of carbonyl (C=O) groups is 1. The molecule has 0 unspecified atom stereocenters. The van der Waals surface area contributed by atoms with Gasteiger partial charge in [0, 0.05) is 25.6 Å². The van der Waals surface area contributed by atoms with E-state index in [4.69, 9.17) is 5.11 Å². The first-order valence-corrected chi connectivity index (χ1v) is 6.46. The number of amides is 1. The van der Waals surface area contributed by atoms with Gasteiger partial charge >= 0.3 is 0 Å². The molecule has 3 heteroatoms. The first-order valence-electron chi connectivity index (χ1n) is 6.46. The molecule has 0 heterocycles. The molecule has 0 aliphatic heterocycles. The van der Waals surface area contributed by atoms with Crippen molar-refractivity contribution in [3.05, 3.63) is 35.4 Å². The van der Waals surface area contributed by atoms with Crippen molar-refractivity contribution in [2.45, 2.75) is 26.8 Å². The Morgan fingerprint density at radius 2 is 2.05 bits per heavy atom. The molecule has 0 aliphatic carbocycles. The first kappa shape index (κ1) is 15.3. The van der Waals surface area contributed by atoms with Gasteiger partial charge in [0.05, 0.1) is 0 Å². The number of hydrogen-bond acceptors (Lipinski definition) is 2. The topological polar surface area (TPSA) is 40.5 Å². The average Bonchev–Trinajstić information content (AvgIpc) is 2.36. The fraction of sp³-hybridized carbons (Fsp3) is 0.438. The van der Waals surface area contributed by atoms with E-state index in [1.54, 1.807) is 11.9 Å². The molecular formula is C16H21NO2. The predicted octanol–water partition coefficient (Wildman–Crippen LogP) is 2.03. The van der Waals surface area contributed by atoms with Gasteiger partial charge in [0.1, 0.15) is 6.61 Å². The van der Waals surface area contributed by atoms with Gasteiger partial charge in [-0.1, -0.05) is 43.9 Å². The van der Waals surface area contributed by atoms with Crippen LogP contribution >= 0.6 is 0 Å². The maximum atomic E-state index is 11.9. The van der Waals surface area contributed by atoms with Crippen LogP contribution in [0.25, 0.3) is 0 Å². The third-order valence-electron chi connectivity index (χ3n) is 2.74. The van der Waals surface area contributed by atoms with E-state index in [9.17, 15) is 4.79 Å². The predicted molar refractivity (Wildman–Crippen MR) is 76.3 cm³/mol. The summed E-state index contributed by atoms with van der Waals surface area (Å²) in [5.74, 6) is 6.05. The molecule has 1 rings (SSSR count). The zero-order valence-corrected chi connectivity index (χ0v) is 11.8. The molecule has 0 fully saturated rings. The number of benzene rings is 1. The third kappa shape index (κ3) is 5.15. The Hall–Kier alpha value is -1.79. The van der Waals surface area contributed by atoms with Crippen LogP contribution in [0.3, 0.4) is 0 Å². The van der Waals surface area contributed by atoms with Gasteiger partial charge in [0.15, 0.2) is 0 Å². The van der Waals surface area contributed by atoms with E-state index in [-0.39, 0.29) is 12.5 Å². The second kappa shape index (κ2) is 7.60. The van der Waals surface area contributed by atoms with E-state index >= 15 is 0 Å². The van der Waals surface area contributed by atoms with Crippen LogP contribution in [0.2, 0.25) is 0 Å². The lowest BCUT2D eigenvalue weighted by molar-refractivity contribution is -0.131. The highest BCUT2D eigenvalue weighted by molar-refractivity contribution is 5.76. The number of nitrogens with zero attached hydrogens (tertiary/aromatic N) is 1. The molecule has 19 heavy (non-hydrogen) atoms. The van der Waals surface area contributed by atoms with Gasteiger partial charge < -0.3 is 10.0 Å². The number of rotatable bonds is 4. The van der Waals surface area contributed by atoms with Crippen LogP contribution in [0, 0.1) is 17.8 Å². The highest BCUT2D eigenvalue weighted by Gasteiger charge is 2.12. The number of aliphatic hydroxyl groups is 1. The lowest BCUT2D eigenvalue weighted by atomic mass is 10.1. The normalized spacial score (nSPS) is 9.95. The molecule has 0 saturated carbocycles. The quantitative estimate of drug-likeness (QED) is 0.841. The standard InChI is InChI=1S/C16H21NO2/c1-13(2)11-16(19)17(3)12-15-8-5-4-7-14(15)9-6-10-18/h4-5,7-8,13,18H,10-12H2,1-3H3. The van der Waals surface area contributed by atoms with Crippen LogP contribution in [0.1, 0.15) is 31.4 Å². The van der Waals surface area contributed by atoms with Crippen molar-refractivity contribution in [3.63, 3.8) is 0 Å². The first-order chi connectivity index (χ1) is 9.04. The summed E-state index contributed by atoms with van der Waals surface area (Å²) in [6, 6.07) is 7.69. The van der Waals surface area contributed by atoms with Crippen molar-refractivity contribution in [3.8, 4) is 11.8 Å². The summed E-state index contributed by atoms with van der Waals surface area (Å²) in [5.41, 5.74) is 1.86. The molecule has 1 aromatic carbocycles. The summed E-state index contributed by atoms with van der Waals surface area (Å²) in [7, 11) is 1.81. The minimum absolute atomic E-state index is 0.139. The summed E-state index contributed by atoms with van der Waals surface area (Å²) >= 11 is 0. The lowest BCUT2D eigenvalue weighted by Gasteiger charge is -2.19. The van der Waals surface area contributed by atoms with E-state index in [1.165, 1.54) is 0 Å². The van der Waals surface area contributed by atoms with Crippen LogP contribution in [0.5, 0.6) is 0 Å². The highest BCUT2D eigenvalue weighted by Crippen LogP contribution is 2.12. The molecule has 1 N–H and O–H groups in total. The Balaban J connectivity index is 2.79. The molecule has 1 amide bonds. The third-order valence-corrected chi connectivity index (χ3v) is 2.74. The highest BCUT2D eigenvalue weighted by atomic mass is 16.2. The summed E-state index contributed by atoms with van der Waals surface area (Å²) < 4.78 is 0. The summed E-state index contributed by atoms with van der Waals surface area (Å²) in [5, 5.41) is 8.75. The van der Waals surface area contributed by atoms with Crippen molar-refractivity contribution in [1.82, 2.24) is 4.90 Å². The van der Waals surface area contributed by atoms with Gasteiger partial charge in [-0.25, -0.2) is 0 Å². The Kier molecular flexibility index (Phi) is 6.11. The molecule has 102 valence electrons. The van der Waals surface area contributed by atoms with Crippen molar-refractivity contribution in [2.24, 2.45) is 5.92 Å². The summed E-state index contributed by atoms with van der Waals surface area (Å²) in [6.07, 6.45) is 0.557. The largest absolute Gasteiger partial charge is 0.384 e. The van der Waals surface area contributed by atoms with E-state index in [2.05, 4.69) is 11.8 Å². The molecule has 0 radical (unpaired) electrons. The SMILES string of the molecule is CC(C)CC(=O)N(C)Cc1ccccc1C#CCO. The molecule has 0 aliphatic rings. The molecule has 0 aromatic heterocycles. The second-order valence-corrected chi connectivity index (χ2v) is 4.96. The maximum absolute atomic E-state index is 11.9. The van der Waals surface area contributed by atoms with Gasteiger partial charge in [-0.2, -0.15) is 0 Å². The molecule has 3 nitrogen and oxygen atoms in total. The molecule has 0 atom stereocenters. The fourth-order valence-electron chi connectivity index (χ4n) is 1.76. The summed E-state index contributed by atoms with van der Waals surface area (Å²) in [6.45, 7) is 4.46. The molecular weight excluding hydrogens is 238 g/mol. The number of hydrogen-bond donors (Lipinski definition) is 1. The van der Waals surface area contributed by atoms with Gasteiger partial charge in [0.25, 0.3) is 0 Å². The van der Waals surface area contributed by atoms with E-state index < -0.39 is 0 Å². The molecule has 0 saturated heterocycles. The van der Waals surface area contributed by atoms with Crippen LogP contribution in [0.15, 0.2) is 24.3 Å². The van der Waals surface area contributed by atoms with Gasteiger partial charge in [-0.15, -0.1) is 0 Å². The van der Waals surface area contributed by atoms with Crippen molar-refractivity contribution >= 4 is 5.91 Å². The summed E-state index contributed by atoms with van der Waals surface area (Å²) in [4.78, 5) is 13.7. The van der Waals surface area contributed by atoms with Crippen LogP contribution in [-0.4, -0.2) is 29.6 Å². The van der Waals surface area contributed by atoms with Crippen molar-refractivity contribution in [2.75, 3.05) is 13.7 Å². The second-order valence-electron chi connectivity index (χ2n) is 4.96. The monoisotopic (exact) mass is 259 g/mol. The van der Waals surface area contributed by atoms with Gasteiger partial charge in [0.2, 0.25) is 5.91 Å². The van der Waals surface area contributed by atoms with E-state index in [0.29, 0.717) is 18.9 Å². The van der Waals surface area contributed by atoms with Gasteiger partial charge in [-0.3, -0.25) is 4.79 Å². The smallest absolute Gasteiger partial charge is 0.222 e. The molecule has 0 bridgehead atoms. The Labute approximate surface area is 115 Å².